The van der Waals surface area contributed by atoms with Crippen LogP contribution in [-0.4, -0.2) is 69.3 Å². The maximum atomic E-state index is 12.9. The van der Waals surface area contributed by atoms with Crippen LogP contribution in [0.4, 0.5) is 0 Å². The van der Waals surface area contributed by atoms with Crippen LogP contribution in [0.15, 0.2) is 35.4 Å². The number of ether oxygens (including phenoxy) is 1. The summed E-state index contributed by atoms with van der Waals surface area (Å²) in [5.74, 6) is 1.17. The van der Waals surface area contributed by atoms with Gasteiger partial charge in [-0.1, -0.05) is 11.8 Å². The van der Waals surface area contributed by atoms with Gasteiger partial charge in [-0.05, 0) is 50.1 Å². The molecule has 0 spiro atoms. The molecule has 1 saturated heterocycles. The van der Waals surface area contributed by atoms with Gasteiger partial charge in [0.2, 0.25) is 5.91 Å². The molecule has 2 N–H and O–H groups in total. The van der Waals surface area contributed by atoms with E-state index in [4.69, 9.17) is 9.84 Å². The summed E-state index contributed by atoms with van der Waals surface area (Å²) in [7, 11) is 1.60. The summed E-state index contributed by atoms with van der Waals surface area (Å²) in [5, 5.41) is 21.7. The number of benzene rings is 1. The van der Waals surface area contributed by atoms with Crippen molar-refractivity contribution in [2.24, 2.45) is 0 Å². The SMILES string of the molecule is COc1ccc2nc(C)nc(SCC(=O)c3ccc(C4(O)CCN(C(=O)CO)CC4)s3)c2c1. The molecule has 0 bridgehead atoms. The van der Waals surface area contributed by atoms with E-state index in [1.54, 1.807) is 24.1 Å². The van der Waals surface area contributed by atoms with E-state index in [0.717, 1.165) is 20.8 Å². The first-order chi connectivity index (χ1) is 15.8. The highest BCUT2D eigenvalue weighted by atomic mass is 32.2. The van der Waals surface area contributed by atoms with Gasteiger partial charge in [-0.2, -0.15) is 0 Å². The molecule has 10 heteroatoms. The number of carbonyl (C=O) groups is 2. The number of carbonyl (C=O) groups excluding carboxylic acids is 2. The van der Waals surface area contributed by atoms with Gasteiger partial charge in [0.1, 0.15) is 28.8 Å². The van der Waals surface area contributed by atoms with Crippen LogP contribution in [0, 0.1) is 6.92 Å². The number of thiophene rings is 1. The predicted molar refractivity (Wildman–Crippen MR) is 127 cm³/mol. The fraction of sp³-hybridized carbons (Fsp3) is 0.391. The van der Waals surface area contributed by atoms with Crippen molar-refractivity contribution in [1.82, 2.24) is 14.9 Å². The summed E-state index contributed by atoms with van der Waals surface area (Å²) in [4.78, 5) is 36.4. The molecule has 1 aliphatic heterocycles. The van der Waals surface area contributed by atoms with Gasteiger partial charge in [-0.15, -0.1) is 11.3 Å². The number of ketones is 1. The van der Waals surface area contributed by atoms with E-state index in [1.165, 1.54) is 23.1 Å². The van der Waals surface area contributed by atoms with E-state index in [9.17, 15) is 14.7 Å². The molecule has 3 heterocycles. The van der Waals surface area contributed by atoms with Gasteiger partial charge in [-0.3, -0.25) is 9.59 Å². The van der Waals surface area contributed by atoms with Crippen LogP contribution in [0.3, 0.4) is 0 Å². The molecule has 0 saturated carbocycles. The lowest BCUT2D eigenvalue weighted by Gasteiger charge is -2.37. The van der Waals surface area contributed by atoms with Crippen molar-refractivity contribution in [3.05, 3.63) is 45.9 Å². The number of fused-ring (bicyclic) bond motifs is 1. The van der Waals surface area contributed by atoms with Crippen LogP contribution >= 0.6 is 23.1 Å². The van der Waals surface area contributed by atoms with Crippen LogP contribution < -0.4 is 4.74 Å². The highest BCUT2D eigenvalue weighted by molar-refractivity contribution is 8.00. The second-order valence-electron chi connectivity index (χ2n) is 7.91. The molecular formula is C23H25N3O5S2. The quantitative estimate of drug-likeness (QED) is 0.297. The molecule has 174 valence electrons. The molecule has 8 nitrogen and oxygen atoms in total. The highest BCUT2D eigenvalue weighted by Gasteiger charge is 2.36. The van der Waals surface area contributed by atoms with Crippen LogP contribution in [0.25, 0.3) is 10.9 Å². The first-order valence-corrected chi connectivity index (χ1v) is 12.3. The topological polar surface area (TPSA) is 113 Å². The molecule has 0 unspecified atom stereocenters. The summed E-state index contributed by atoms with van der Waals surface area (Å²) in [6.45, 7) is 2.04. The number of Topliss-reactive ketones (excluding diaryl/α,β-unsaturated/α-hetero) is 1. The van der Waals surface area contributed by atoms with Crippen molar-refractivity contribution in [2.45, 2.75) is 30.4 Å². The maximum absolute atomic E-state index is 12.9. The number of amides is 1. The number of methoxy groups -OCH3 is 1. The smallest absolute Gasteiger partial charge is 0.248 e. The second kappa shape index (κ2) is 9.76. The molecular weight excluding hydrogens is 462 g/mol. The molecule has 1 aromatic carbocycles. The summed E-state index contributed by atoms with van der Waals surface area (Å²) >= 11 is 2.65. The Bertz CT molecular complexity index is 1190. The van der Waals surface area contributed by atoms with Crippen molar-refractivity contribution < 1.29 is 24.5 Å². The normalized spacial score (nSPS) is 15.6. The van der Waals surface area contributed by atoms with E-state index in [0.29, 0.717) is 42.4 Å². The summed E-state index contributed by atoms with van der Waals surface area (Å²) in [5.41, 5.74) is -0.274. The average molecular weight is 488 g/mol. The Morgan fingerprint density at radius 2 is 1.97 bits per heavy atom. The van der Waals surface area contributed by atoms with Gasteiger partial charge in [0.15, 0.2) is 5.78 Å². The number of piperidine rings is 1. The number of nitrogens with zero attached hydrogens (tertiary/aromatic N) is 3. The van der Waals surface area contributed by atoms with Crippen LogP contribution in [-0.2, 0) is 10.4 Å². The van der Waals surface area contributed by atoms with Gasteiger partial charge in [-0.25, -0.2) is 9.97 Å². The van der Waals surface area contributed by atoms with Crippen LogP contribution in [0.5, 0.6) is 5.75 Å². The largest absolute Gasteiger partial charge is 0.497 e. The molecule has 0 aliphatic carbocycles. The van der Waals surface area contributed by atoms with Gasteiger partial charge in [0, 0.05) is 23.4 Å². The van der Waals surface area contributed by atoms with Crippen molar-refractivity contribution in [1.29, 1.82) is 0 Å². The van der Waals surface area contributed by atoms with Gasteiger partial charge in [0.05, 0.1) is 23.3 Å². The lowest BCUT2D eigenvalue weighted by molar-refractivity contribution is -0.138. The number of aryl methyl sites for hydroxylation is 1. The van der Waals surface area contributed by atoms with Crippen molar-refractivity contribution in [3.63, 3.8) is 0 Å². The third-order valence-electron chi connectivity index (χ3n) is 5.74. The van der Waals surface area contributed by atoms with Gasteiger partial charge >= 0.3 is 0 Å². The second-order valence-corrected chi connectivity index (χ2v) is 9.95. The molecule has 2 aromatic heterocycles. The standard InChI is InChI=1S/C23H25N3O5S2/c1-14-24-17-4-3-15(31-2)11-16(17)22(25-14)32-13-18(28)19-5-6-20(33-19)23(30)7-9-26(10-8-23)21(29)12-27/h3-6,11,27,30H,7-10,12-13H2,1-2H3. The van der Waals surface area contributed by atoms with E-state index in [2.05, 4.69) is 9.97 Å². The number of hydrogen-bond donors (Lipinski definition) is 2. The third-order valence-corrected chi connectivity index (χ3v) is 8.05. The fourth-order valence-electron chi connectivity index (χ4n) is 3.84. The van der Waals surface area contributed by atoms with Crippen molar-refractivity contribution >= 4 is 45.7 Å². The molecule has 4 rings (SSSR count). The van der Waals surface area contributed by atoms with Gasteiger partial charge in [0.25, 0.3) is 0 Å². The van der Waals surface area contributed by atoms with Crippen LogP contribution in [0.1, 0.15) is 33.2 Å². The Kier molecular flexibility index (Phi) is 6.99. The molecule has 0 atom stereocenters. The van der Waals surface area contributed by atoms with E-state index in [1.807, 2.05) is 25.1 Å². The number of aliphatic hydroxyl groups excluding tert-OH is 1. The Hall–Kier alpha value is -2.53. The Balaban J connectivity index is 1.45. The number of thioether (sulfide) groups is 1. The number of hydrogen-bond acceptors (Lipinski definition) is 9. The Labute approximate surface area is 199 Å². The first kappa shape index (κ1) is 23.6. The van der Waals surface area contributed by atoms with Crippen LogP contribution in [0.2, 0.25) is 0 Å². The first-order valence-electron chi connectivity index (χ1n) is 10.5. The van der Waals surface area contributed by atoms with Crippen molar-refractivity contribution in [2.75, 3.05) is 32.6 Å². The van der Waals surface area contributed by atoms with E-state index < -0.39 is 12.2 Å². The van der Waals surface area contributed by atoms with E-state index >= 15 is 0 Å². The maximum Gasteiger partial charge on any atom is 0.248 e. The molecule has 0 radical (unpaired) electrons. The number of aliphatic hydroxyl groups is 2. The third kappa shape index (κ3) is 5.03. The minimum Gasteiger partial charge on any atom is -0.497 e. The zero-order valence-corrected chi connectivity index (χ0v) is 20.0. The van der Waals surface area contributed by atoms with Gasteiger partial charge < -0.3 is 19.8 Å². The summed E-state index contributed by atoms with van der Waals surface area (Å²) in [6.07, 6.45) is 0.741. The molecule has 1 aliphatic rings. The number of rotatable bonds is 7. The monoisotopic (exact) mass is 487 g/mol. The number of likely N-dealkylation sites (tertiary alicyclic amines) is 1. The predicted octanol–water partition coefficient (Wildman–Crippen LogP) is 2.79. The molecule has 33 heavy (non-hydrogen) atoms. The highest BCUT2D eigenvalue weighted by Crippen LogP contribution is 2.37. The average Bonchev–Trinajstić information content (AvgIpc) is 3.33. The molecule has 1 amide bonds. The lowest BCUT2D eigenvalue weighted by atomic mass is 9.90. The van der Waals surface area contributed by atoms with E-state index in [-0.39, 0.29) is 17.4 Å². The molecule has 1 fully saturated rings. The minimum atomic E-state index is -1.07. The number of aromatic nitrogens is 2. The fourth-order valence-corrected chi connectivity index (χ4v) is 5.96. The summed E-state index contributed by atoms with van der Waals surface area (Å²) in [6, 6.07) is 9.13. The summed E-state index contributed by atoms with van der Waals surface area (Å²) < 4.78 is 5.31. The Morgan fingerprint density at radius 3 is 2.67 bits per heavy atom. The minimum absolute atomic E-state index is 0.0416. The zero-order valence-electron chi connectivity index (χ0n) is 18.4. The van der Waals surface area contributed by atoms with Crippen molar-refractivity contribution in [3.8, 4) is 5.75 Å². The molecule has 3 aromatic rings. The zero-order chi connectivity index (χ0) is 23.6. The Morgan fingerprint density at radius 1 is 1.21 bits per heavy atom. The lowest BCUT2D eigenvalue weighted by Crippen LogP contribution is -2.45.